The zero-order valence-electron chi connectivity index (χ0n) is 12.7. The fraction of sp³-hybridized carbons (Fsp3) is 0.125. The van der Waals surface area contributed by atoms with Gasteiger partial charge in [-0.05, 0) is 30.5 Å². The van der Waals surface area contributed by atoms with E-state index in [9.17, 15) is 4.79 Å². The van der Waals surface area contributed by atoms with Crippen molar-refractivity contribution < 1.29 is 4.79 Å². The van der Waals surface area contributed by atoms with Crippen molar-refractivity contribution in [2.45, 2.75) is 0 Å². The molecule has 2 aromatic rings. The number of rotatable bonds is 6. The largest absolute Gasteiger partial charge is 0.322 e. The van der Waals surface area contributed by atoms with E-state index < -0.39 is 5.91 Å². The maximum Gasteiger partial charge on any atom is 0.258 e. The first kappa shape index (κ1) is 18.3. The Morgan fingerprint density at radius 1 is 1.25 bits per heavy atom. The second-order valence-electron chi connectivity index (χ2n) is 4.67. The van der Waals surface area contributed by atoms with Gasteiger partial charge in [0.1, 0.15) is 0 Å². The number of hydrazine groups is 1. The number of nitrogens with one attached hydrogen (secondary N) is 2. The summed E-state index contributed by atoms with van der Waals surface area (Å²) in [4.78, 5) is 12.4. The van der Waals surface area contributed by atoms with E-state index in [4.69, 9.17) is 28.5 Å². The van der Waals surface area contributed by atoms with Crippen molar-refractivity contribution in [3.8, 4) is 6.19 Å². The van der Waals surface area contributed by atoms with Crippen LogP contribution in [0.1, 0.15) is 10.4 Å². The molecule has 5 nitrogen and oxygen atoms in total. The SMILES string of the molecule is CSCN(NC#N)c1cc(Cl)c(C(=O)Nc2ccccc2)c(Cl)c1. The minimum absolute atomic E-state index is 0.187. The fourth-order valence-electron chi connectivity index (χ4n) is 2.01. The molecule has 2 aromatic carbocycles. The maximum absolute atomic E-state index is 12.4. The van der Waals surface area contributed by atoms with Gasteiger partial charge in [-0.3, -0.25) is 9.80 Å². The third-order valence-electron chi connectivity index (χ3n) is 3.04. The standard InChI is InChI=1S/C16H14Cl2N4OS/c1-24-10-22(20-9-19)12-7-13(17)15(14(18)8-12)16(23)21-11-5-3-2-4-6-11/h2-8,20H,10H2,1H3,(H,21,23). The highest BCUT2D eigenvalue weighted by Crippen LogP contribution is 2.31. The lowest BCUT2D eigenvalue weighted by molar-refractivity contribution is 0.102. The zero-order chi connectivity index (χ0) is 17.5. The topological polar surface area (TPSA) is 68.2 Å². The number of benzene rings is 2. The summed E-state index contributed by atoms with van der Waals surface area (Å²) < 4.78 is 0. The van der Waals surface area contributed by atoms with E-state index in [-0.39, 0.29) is 15.6 Å². The van der Waals surface area contributed by atoms with Crippen LogP contribution < -0.4 is 15.8 Å². The first-order chi connectivity index (χ1) is 11.6. The molecule has 0 unspecified atom stereocenters. The van der Waals surface area contributed by atoms with Crippen LogP contribution >= 0.6 is 35.0 Å². The molecule has 0 spiro atoms. The Morgan fingerprint density at radius 2 is 1.88 bits per heavy atom. The molecule has 1 amide bonds. The molecule has 124 valence electrons. The van der Waals surface area contributed by atoms with Crippen LogP contribution in [0.15, 0.2) is 42.5 Å². The Kier molecular flexibility index (Phi) is 6.62. The number of hydrogen-bond acceptors (Lipinski definition) is 5. The quantitative estimate of drug-likeness (QED) is 0.337. The van der Waals surface area contributed by atoms with Crippen LogP contribution in [0.5, 0.6) is 0 Å². The molecule has 0 aliphatic carbocycles. The van der Waals surface area contributed by atoms with Gasteiger partial charge in [0.05, 0.1) is 27.2 Å². The van der Waals surface area contributed by atoms with Gasteiger partial charge in [-0.2, -0.15) is 5.26 Å². The van der Waals surface area contributed by atoms with E-state index in [1.165, 1.54) is 11.8 Å². The lowest BCUT2D eigenvalue weighted by atomic mass is 10.1. The molecule has 24 heavy (non-hydrogen) atoms. The predicted molar refractivity (Wildman–Crippen MR) is 100 cm³/mol. The average molecular weight is 381 g/mol. The zero-order valence-corrected chi connectivity index (χ0v) is 15.0. The Bertz CT molecular complexity index is 741. The molecule has 0 aliphatic heterocycles. The third-order valence-corrected chi connectivity index (χ3v) is 4.15. The second kappa shape index (κ2) is 8.69. The van der Waals surface area contributed by atoms with Gasteiger partial charge in [0.2, 0.25) is 0 Å². The fourth-order valence-corrected chi connectivity index (χ4v) is 3.13. The highest BCUT2D eigenvalue weighted by Gasteiger charge is 2.18. The molecule has 0 fully saturated rings. The van der Waals surface area contributed by atoms with Crippen LogP contribution in [-0.4, -0.2) is 18.0 Å². The molecular weight excluding hydrogens is 367 g/mol. The summed E-state index contributed by atoms with van der Waals surface area (Å²) in [5.41, 5.74) is 3.97. The van der Waals surface area contributed by atoms with E-state index >= 15 is 0 Å². The number of thioether (sulfide) groups is 1. The predicted octanol–water partition coefficient (Wildman–Crippen LogP) is 4.36. The lowest BCUT2D eigenvalue weighted by Gasteiger charge is -2.22. The van der Waals surface area contributed by atoms with E-state index in [1.807, 2.05) is 30.6 Å². The molecule has 2 N–H and O–H groups in total. The molecule has 0 saturated carbocycles. The number of carbonyl (C=O) groups is 1. The number of carbonyl (C=O) groups excluding carboxylic acids is 1. The van der Waals surface area contributed by atoms with Crippen molar-refractivity contribution in [2.75, 3.05) is 22.5 Å². The third kappa shape index (κ3) is 4.48. The summed E-state index contributed by atoms with van der Waals surface area (Å²) in [5, 5.41) is 13.6. The van der Waals surface area contributed by atoms with E-state index in [2.05, 4.69) is 10.7 Å². The van der Waals surface area contributed by atoms with Crippen molar-refractivity contribution in [1.82, 2.24) is 5.43 Å². The highest BCUT2D eigenvalue weighted by atomic mass is 35.5. The second-order valence-corrected chi connectivity index (χ2v) is 6.32. The Hall–Kier alpha value is -2.07. The first-order valence-corrected chi connectivity index (χ1v) is 8.98. The van der Waals surface area contributed by atoms with E-state index in [0.717, 1.165) is 0 Å². The number of para-hydroxylation sites is 1. The van der Waals surface area contributed by atoms with Gasteiger partial charge in [-0.15, -0.1) is 11.8 Å². The van der Waals surface area contributed by atoms with Crippen LogP contribution in [-0.2, 0) is 0 Å². The van der Waals surface area contributed by atoms with Crippen LogP contribution in [0.2, 0.25) is 10.0 Å². The summed E-state index contributed by atoms with van der Waals surface area (Å²) in [6, 6.07) is 12.2. The smallest absolute Gasteiger partial charge is 0.258 e. The average Bonchev–Trinajstić information content (AvgIpc) is 2.55. The number of amides is 1. The monoisotopic (exact) mass is 380 g/mol. The van der Waals surface area contributed by atoms with Gasteiger partial charge < -0.3 is 5.32 Å². The number of anilines is 2. The van der Waals surface area contributed by atoms with Crippen molar-refractivity contribution in [1.29, 1.82) is 5.26 Å². The minimum Gasteiger partial charge on any atom is -0.322 e. The summed E-state index contributed by atoms with van der Waals surface area (Å²) >= 11 is 14.0. The Morgan fingerprint density at radius 3 is 2.42 bits per heavy atom. The van der Waals surface area contributed by atoms with Crippen LogP contribution in [0, 0.1) is 11.5 Å². The number of halogens is 2. The van der Waals surface area contributed by atoms with Gasteiger partial charge in [-0.1, -0.05) is 41.4 Å². The first-order valence-electron chi connectivity index (χ1n) is 6.83. The molecule has 0 bridgehead atoms. The van der Waals surface area contributed by atoms with Crippen molar-refractivity contribution >= 4 is 52.2 Å². The molecular formula is C16H14Cl2N4OS. The van der Waals surface area contributed by atoms with Crippen molar-refractivity contribution in [3.05, 3.63) is 58.1 Å². The molecule has 0 atom stereocenters. The molecule has 0 aromatic heterocycles. The van der Waals surface area contributed by atoms with Crippen LogP contribution in [0.4, 0.5) is 11.4 Å². The molecule has 8 heteroatoms. The molecule has 0 aliphatic rings. The normalized spacial score (nSPS) is 9.92. The van der Waals surface area contributed by atoms with Gasteiger partial charge in [0.15, 0.2) is 6.19 Å². The van der Waals surface area contributed by atoms with Gasteiger partial charge >= 0.3 is 0 Å². The van der Waals surface area contributed by atoms with Crippen molar-refractivity contribution in [2.24, 2.45) is 0 Å². The van der Waals surface area contributed by atoms with Gasteiger partial charge in [0, 0.05) is 5.69 Å². The minimum atomic E-state index is -0.396. The maximum atomic E-state index is 12.4. The molecule has 2 rings (SSSR count). The van der Waals surface area contributed by atoms with Crippen molar-refractivity contribution in [3.63, 3.8) is 0 Å². The Balaban J connectivity index is 2.29. The molecule has 0 heterocycles. The number of hydrogen-bond donors (Lipinski definition) is 2. The number of nitrogens with zero attached hydrogens (tertiary/aromatic N) is 2. The highest BCUT2D eigenvalue weighted by molar-refractivity contribution is 7.98. The van der Waals surface area contributed by atoms with Gasteiger partial charge in [-0.25, -0.2) is 5.43 Å². The molecule has 0 radical (unpaired) electrons. The number of nitriles is 1. The van der Waals surface area contributed by atoms with E-state index in [1.54, 1.807) is 29.3 Å². The Labute approximate surface area is 154 Å². The van der Waals surface area contributed by atoms with Crippen LogP contribution in [0.3, 0.4) is 0 Å². The summed E-state index contributed by atoms with van der Waals surface area (Å²) in [6.45, 7) is 0. The summed E-state index contributed by atoms with van der Waals surface area (Å²) in [6.07, 6.45) is 3.76. The lowest BCUT2D eigenvalue weighted by Crippen LogP contribution is -2.34. The summed E-state index contributed by atoms with van der Waals surface area (Å²) in [5.74, 6) is 0.114. The summed E-state index contributed by atoms with van der Waals surface area (Å²) in [7, 11) is 0. The van der Waals surface area contributed by atoms with E-state index in [0.29, 0.717) is 17.3 Å². The molecule has 0 saturated heterocycles. The van der Waals surface area contributed by atoms with Gasteiger partial charge in [0.25, 0.3) is 5.91 Å². The van der Waals surface area contributed by atoms with Crippen LogP contribution in [0.25, 0.3) is 0 Å².